The van der Waals surface area contributed by atoms with Crippen LogP contribution in [0.5, 0.6) is 0 Å². The highest BCUT2D eigenvalue weighted by atomic mass is 32.2. The fraction of sp³-hybridized carbons (Fsp3) is 0.438. The number of aromatic nitrogens is 3. The summed E-state index contributed by atoms with van der Waals surface area (Å²) >= 11 is 1.53. The van der Waals surface area contributed by atoms with Crippen LogP contribution >= 0.6 is 11.8 Å². The van der Waals surface area contributed by atoms with Crippen molar-refractivity contribution in [1.82, 2.24) is 20.3 Å². The highest BCUT2D eigenvalue weighted by Gasteiger charge is 2.08. The van der Waals surface area contributed by atoms with Crippen molar-refractivity contribution in [1.29, 1.82) is 0 Å². The third-order valence-electron chi connectivity index (χ3n) is 2.87. The first-order chi connectivity index (χ1) is 10.0. The van der Waals surface area contributed by atoms with Gasteiger partial charge in [-0.2, -0.15) is 0 Å². The minimum Gasteiger partial charge on any atom is -0.312 e. The highest BCUT2D eigenvalue weighted by Crippen LogP contribution is 2.26. The standard InChI is InChI=1S/C16H22N4S/c1-11(2)9-17-10-14-6-5-7-18-15(14)21-16-19-12(3)8-13(4)20-16/h5-8,11,17H,9-10H2,1-4H3. The lowest BCUT2D eigenvalue weighted by Crippen LogP contribution is -2.19. The van der Waals surface area contributed by atoms with Crippen molar-refractivity contribution in [3.8, 4) is 0 Å². The molecule has 0 saturated carbocycles. The summed E-state index contributed by atoms with van der Waals surface area (Å²) in [7, 11) is 0. The lowest BCUT2D eigenvalue weighted by Gasteiger charge is -2.10. The molecule has 0 saturated heterocycles. The summed E-state index contributed by atoms with van der Waals surface area (Å²) in [5.74, 6) is 0.639. The summed E-state index contributed by atoms with van der Waals surface area (Å²) in [5, 5.41) is 5.19. The lowest BCUT2D eigenvalue weighted by atomic mass is 10.2. The molecule has 2 rings (SSSR count). The van der Waals surface area contributed by atoms with Crippen molar-refractivity contribution >= 4 is 11.8 Å². The Morgan fingerprint density at radius 1 is 1.19 bits per heavy atom. The van der Waals surface area contributed by atoms with E-state index in [-0.39, 0.29) is 0 Å². The van der Waals surface area contributed by atoms with Crippen molar-refractivity contribution in [2.24, 2.45) is 5.92 Å². The van der Waals surface area contributed by atoms with E-state index in [9.17, 15) is 0 Å². The van der Waals surface area contributed by atoms with Gasteiger partial charge < -0.3 is 5.32 Å². The first-order valence-corrected chi connectivity index (χ1v) is 8.01. The average molecular weight is 302 g/mol. The Morgan fingerprint density at radius 3 is 2.57 bits per heavy atom. The molecule has 0 atom stereocenters. The van der Waals surface area contributed by atoms with Crippen LogP contribution in [0.1, 0.15) is 30.8 Å². The third kappa shape index (κ3) is 5.10. The fourth-order valence-electron chi connectivity index (χ4n) is 1.97. The molecule has 0 aliphatic carbocycles. The minimum atomic E-state index is 0.639. The second kappa shape index (κ2) is 7.52. The van der Waals surface area contributed by atoms with Crippen LogP contribution in [0.2, 0.25) is 0 Å². The summed E-state index contributed by atoms with van der Waals surface area (Å²) in [4.78, 5) is 13.4. The molecule has 5 heteroatoms. The van der Waals surface area contributed by atoms with Gasteiger partial charge in [-0.1, -0.05) is 19.9 Å². The Morgan fingerprint density at radius 2 is 1.90 bits per heavy atom. The molecular formula is C16H22N4S. The van der Waals surface area contributed by atoms with Crippen molar-refractivity contribution in [2.45, 2.75) is 44.4 Å². The van der Waals surface area contributed by atoms with Gasteiger partial charge >= 0.3 is 0 Å². The smallest absolute Gasteiger partial charge is 0.194 e. The monoisotopic (exact) mass is 302 g/mol. The molecular weight excluding hydrogens is 280 g/mol. The first kappa shape index (κ1) is 15.9. The Hall–Kier alpha value is -1.46. The highest BCUT2D eigenvalue weighted by molar-refractivity contribution is 7.99. The molecule has 2 aromatic heterocycles. The molecule has 0 aliphatic rings. The second-order valence-electron chi connectivity index (χ2n) is 5.53. The maximum Gasteiger partial charge on any atom is 0.194 e. The summed E-state index contributed by atoms with van der Waals surface area (Å²) in [6.07, 6.45) is 1.82. The van der Waals surface area contributed by atoms with E-state index in [2.05, 4.69) is 40.2 Å². The molecule has 0 bridgehead atoms. The zero-order chi connectivity index (χ0) is 15.2. The number of nitrogens with zero attached hydrogens (tertiary/aromatic N) is 3. The number of nitrogens with one attached hydrogen (secondary N) is 1. The molecule has 4 nitrogen and oxygen atoms in total. The lowest BCUT2D eigenvalue weighted by molar-refractivity contribution is 0.548. The van der Waals surface area contributed by atoms with Crippen LogP contribution < -0.4 is 5.32 Å². The van der Waals surface area contributed by atoms with Gasteiger partial charge in [0.1, 0.15) is 5.03 Å². The number of pyridine rings is 1. The van der Waals surface area contributed by atoms with Crippen LogP contribution in [-0.2, 0) is 6.54 Å². The van der Waals surface area contributed by atoms with Crippen molar-refractivity contribution in [3.63, 3.8) is 0 Å². The first-order valence-electron chi connectivity index (χ1n) is 7.19. The molecule has 2 aromatic rings. The van der Waals surface area contributed by atoms with Crippen LogP contribution in [0, 0.1) is 19.8 Å². The molecule has 1 N–H and O–H groups in total. The van der Waals surface area contributed by atoms with E-state index in [4.69, 9.17) is 0 Å². The second-order valence-corrected chi connectivity index (χ2v) is 6.48. The quantitative estimate of drug-likeness (QED) is 0.829. The van der Waals surface area contributed by atoms with E-state index in [0.29, 0.717) is 5.92 Å². The maximum absolute atomic E-state index is 4.47. The molecule has 0 fully saturated rings. The molecule has 0 radical (unpaired) electrons. The van der Waals surface area contributed by atoms with Gasteiger partial charge in [0.25, 0.3) is 0 Å². The van der Waals surface area contributed by atoms with Gasteiger partial charge in [0.15, 0.2) is 5.16 Å². The van der Waals surface area contributed by atoms with E-state index in [1.165, 1.54) is 17.3 Å². The Bertz CT molecular complexity index is 578. The van der Waals surface area contributed by atoms with Crippen molar-refractivity contribution in [2.75, 3.05) is 6.54 Å². The van der Waals surface area contributed by atoms with Gasteiger partial charge in [-0.05, 0) is 55.8 Å². The summed E-state index contributed by atoms with van der Waals surface area (Å²) in [5.41, 5.74) is 3.16. The predicted octanol–water partition coefficient (Wildman–Crippen LogP) is 3.39. The number of hydrogen-bond donors (Lipinski definition) is 1. The Balaban J connectivity index is 2.12. The van der Waals surface area contributed by atoms with E-state index in [1.54, 1.807) is 0 Å². The Labute approximate surface area is 130 Å². The average Bonchev–Trinajstić information content (AvgIpc) is 2.39. The minimum absolute atomic E-state index is 0.639. The number of hydrogen-bond acceptors (Lipinski definition) is 5. The van der Waals surface area contributed by atoms with Gasteiger partial charge in [-0.15, -0.1) is 0 Å². The SMILES string of the molecule is Cc1cc(C)nc(Sc2ncccc2CNCC(C)C)n1. The number of aryl methyl sites for hydroxylation is 2. The molecule has 21 heavy (non-hydrogen) atoms. The topological polar surface area (TPSA) is 50.7 Å². The van der Waals surface area contributed by atoms with Crippen LogP contribution in [0.15, 0.2) is 34.6 Å². The zero-order valence-corrected chi connectivity index (χ0v) is 13.9. The van der Waals surface area contributed by atoms with Crippen LogP contribution in [0.3, 0.4) is 0 Å². The molecule has 0 unspecified atom stereocenters. The van der Waals surface area contributed by atoms with Gasteiger partial charge in [0.05, 0.1) is 0 Å². The van der Waals surface area contributed by atoms with Crippen LogP contribution in [0.25, 0.3) is 0 Å². The Kier molecular flexibility index (Phi) is 5.70. The summed E-state index contributed by atoms with van der Waals surface area (Å²) in [6, 6.07) is 6.05. The van der Waals surface area contributed by atoms with Crippen molar-refractivity contribution in [3.05, 3.63) is 41.3 Å². The molecule has 0 aromatic carbocycles. The van der Waals surface area contributed by atoms with Crippen molar-refractivity contribution < 1.29 is 0 Å². The van der Waals surface area contributed by atoms with Gasteiger partial charge in [-0.25, -0.2) is 15.0 Å². The predicted molar refractivity (Wildman–Crippen MR) is 86.4 cm³/mol. The number of rotatable bonds is 6. The maximum atomic E-state index is 4.47. The van der Waals surface area contributed by atoms with Gasteiger partial charge in [0.2, 0.25) is 0 Å². The molecule has 0 amide bonds. The van der Waals surface area contributed by atoms with E-state index < -0.39 is 0 Å². The van der Waals surface area contributed by atoms with E-state index in [0.717, 1.165) is 34.7 Å². The summed E-state index contributed by atoms with van der Waals surface area (Å²) in [6.45, 7) is 10.2. The van der Waals surface area contributed by atoms with Crippen LogP contribution in [-0.4, -0.2) is 21.5 Å². The summed E-state index contributed by atoms with van der Waals surface area (Å²) < 4.78 is 0. The third-order valence-corrected chi connectivity index (χ3v) is 3.79. The van der Waals surface area contributed by atoms with Crippen LogP contribution in [0.4, 0.5) is 0 Å². The van der Waals surface area contributed by atoms with Gasteiger partial charge in [0, 0.05) is 24.1 Å². The zero-order valence-electron chi connectivity index (χ0n) is 13.1. The van der Waals surface area contributed by atoms with E-state index >= 15 is 0 Å². The molecule has 0 spiro atoms. The molecule has 2 heterocycles. The molecule has 112 valence electrons. The van der Waals surface area contributed by atoms with E-state index in [1.807, 2.05) is 32.2 Å². The van der Waals surface area contributed by atoms with Gasteiger partial charge in [-0.3, -0.25) is 0 Å². The normalized spacial score (nSPS) is 11.1. The molecule has 0 aliphatic heterocycles. The largest absolute Gasteiger partial charge is 0.312 e. The fourth-order valence-corrected chi connectivity index (χ4v) is 2.91.